The highest BCUT2D eigenvalue weighted by Crippen LogP contribution is 2.34. The normalized spacial score (nSPS) is 17.6. The Morgan fingerprint density at radius 3 is 2.68 bits per heavy atom. The Morgan fingerprint density at radius 2 is 2.00 bits per heavy atom. The van der Waals surface area contributed by atoms with Crippen LogP contribution in [0.1, 0.15) is 44.7 Å². The number of rotatable bonds is 5. The molecule has 0 radical (unpaired) electrons. The van der Waals surface area contributed by atoms with E-state index in [2.05, 4.69) is 31.4 Å². The molecule has 4 nitrogen and oxygen atoms in total. The Bertz CT molecular complexity index is 409. The van der Waals surface area contributed by atoms with E-state index in [-0.39, 0.29) is 6.04 Å². The second kappa shape index (κ2) is 6.78. The summed E-state index contributed by atoms with van der Waals surface area (Å²) in [5.74, 6) is 7.87. The van der Waals surface area contributed by atoms with Crippen LogP contribution in [-0.2, 0) is 0 Å². The van der Waals surface area contributed by atoms with Gasteiger partial charge in [0, 0.05) is 12.5 Å². The fourth-order valence-electron chi connectivity index (χ4n) is 2.58. The molecule has 2 rings (SSSR count). The molecule has 0 fully saturated rings. The molecule has 4 heteroatoms. The monoisotopic (exact) mass is 264 g/mol. The number of hydrazine groups is 1. The standard InChI is InChI=1S/C15H24N2O2/c1-3-5-11(2)15(17-16)12-6-7-13-14(10-12)19-9-4-8-18-13/h6-7,10-11,15,17H,3-5,8-9,16H2,1-2H3. The SMILES string of the molecule is CCCC(C)C(NN)c1ccc2c(c1)OCCCO2. The van der Waals surface area contributed by atoms with Crippen molar-refractivity contribution in [1.82, 2.24) is 5.43 Å². The molecule has 1 aromatic rings. The molecule has 0 aromatic heterocycles. The summed E-state index contributed by atoms with van der Waals surface area (Å²) in [6, 6.07) is 6.26. The van der Waals surface area contributed by atoms with Crippen molar-refractivity contribution in [1.29, 1.82) is 0 Å². The summed E-state index contributed by atoms with van der Waals surface area (Å²) in [5.41, 5.74) is 4.09. The van der Waals surface area contributed by atoms with Gasteiger partial charge >= 0.3 is 0 Å². The van der Waals surface area contributed by atoms with Gasteiger partial charge in [0.1, 0.15) is 0 Å². The minimum atomic E-state index is 0.150. The summed E-state index contributed by atoms with van der Waals surface area (Å²) in [6.07, 6.45) is 3.22. The minimum Gasteiger partial charge on any atom is -0.490 e. The van der Waals surface area contributed by atoms with Crippen LogP contribution in [0.3, 0.4) is 0 Å². The van der Waals surface area contributed by atoms with Gasteiger partial charge in [-0.2, -0.15) is 0 Å². The van der Waals surface area contributed by atoms with E-state index in [9.17, 15) is 0 Å². The first kappa shape index (κ1) is 14.2. The lowest BCUT2D eigenvalue weighted by Crippen LogP contribution is -2.32. The predicted molar refractivity (Wildman–Crippen MR) is 76.2 cm³/mol. The van der Waals surface area contributed by atoms with E-state index in [1.807, 2.05) is 6.07 Å². The highest BCUT2D eigenvalue weighted by Gasteiger charge is 2.20. The molecule has 0 saturated heterocycles. The number of benzene rings is 1. The van der Waals surface area contributed by atoms with E-state index in [1.54, 1.807) is 0 Å². The maximum Gasteiger partial charge on any atom is 0.161 e. The van der Waals surface area contributed by atoms with Crippen molar-refractivity contribution in [3.8, 4) is 11.5 Å². The molecule has 19 heavy (non-hydrogen) atoms. The summed E-state index contributed by atoms with van der Waals surface area (Å²) in [5, 5.41) is 0. The third kappa shape index (κ3) is 3.39. The zero-order valence-corrected chi connectivity index (χ0v) is 11.8. The second-order valence-electron chi connectivity index (χ2n) is 5.17. The van der Waals surface area contributed by atoms with Crippen LogP contribution in [0.15, 0.2) is 18.2 Å². The Kier molecular flexibility index (Phi) is 5.05. The molecule has 0 aliphatic carbocycles. The van der Waals surface area contributed by atoms with E-state index in [1.165, 1.54) is 0 Å². The Hall–Kier alpha value is -1.26. The van der Waals surface area contributed by atoms with E-state index >= 15 is 0 Å². The summed E-state index contributed by atoms with van der Waals surface area (Å²) in [7, 11) is 0. The lowest BCUT2D eigenvalue weighted by Gasteiger charge is -2.24. The van der Waals surface area contributed by atoms with Gasteiger partial charge in [-0.1, -0.05) is 26.3 Å². The van der Waals surface area contributed by atoms with Crippen molar-refractivity contribution >= 4 is 0 Å². The molecule has 3 N–H and O–H groups in total. The Morgan fingerprint density at radius 1 is 1.26 bits per heavy atom. The fraction of sp³-hybridized carbons (Fsp3) is 0.600. The molecular weight excluding hydrogens is 240 g/mol. The van der Waals surface area contributed by atoms with Crippen molar-refractivity contribution in [2.45, 2.75) is 39.2 Å². The van der Waals surface area contributed by atoms with Gasteiger partial charge < -0.3 is 9.47 Å². The van der Waals surface area contributed by atoms with Gasteiger partial charge in [0.2, 0.25) is 0 Å². The van der Waals surface area contributed by atoms with Crippen LogP contribution in [-0.4, -0.2) is 13.2 Å². The number of fused-ring (bicyclic) bond motifs is 1. The molecule has 2 atom stereocenters. The predicted octanol–water partition coefficient (Wildman–Crippen LogP) is 2.79. The van der Waals surface area contributed by atoms with Crippen LogP contribution >= 0.6 is 0 Å². The summed E-state index contributed by atoms with van der Waals surface area (Å²) < 4.78 is 11.4. The average molecular weight is 264 g/mol. The minimum absolute atomic E-state index is 0.150. The first-order valence-electron chi connectivity index (χ1n) is 7.12. The van der Waals surface area contributed by atoms with Gasteiger partial charge in [-0.15, -0.1) is 0 Å². The van der Waals surface area contributed by atoms with Crippen molar-refractivity contribution in [3.05, 3.63) is 23.8 Å². The van der Waals surface area contributed by atoms with Crippen molar-refractivity contribution in [2.75, 3.05) is 13.2 Å². The number of hydrogen-bond acceptors (Lipinski definition) is 4. The van der Waals surface area contributed by atoms with Gasteiger partial charge in [-0.3, -0.25) is 11.3 Å². The Balaban J connectivity index is 2.21. The van der Waals surface area contributed by atoms with Crippen molar-refractivity contribution in [2.24, 2.45) is 11.8 Å². The van der Waals surface area contributed by atoms with Crippen LogP contribution in [0.4, 0.5) is 0 Å². The van der Waals surface area contributed by atoms with Gasteiger partial charge in [0.15, 0.2) is 11.5 Å². The number of hydrogen-bond donors (Lipinski definition) is 2. The maximum absolute atomic E-state index is 5.73. The van der Waals surface area contributed by atoms with Gasteiger partial charge in [0.05, 0.1) is 13.2 Å². The highest BCUT2D eigenvalue weighted by molar-refractivity contribution is 5.44. The molecule has 1 aromatic carbocycles. The largest absolute Gasteiger partial charge is 0.490 e. The fourth-order valence-corrected chi connectivity index (χ4v) is 2.58. The molecule has 0 saturated carbocycles. The molecule has 0 spiro atoms. The maximum atomic E-state index is 5.73. The van der Waals surface area contributed by atoms with Crippen molar-refractivity contribution in [3.63, 3.8) is 0 Å². The molecule has 1 aliphatic heterocycles. The highest BCUT2D eigenvalue weighted by atomic mass is 16.5. The molecule has 1 heterocycles. The Labute approximate surface area is 115 Å². The molecule has 0 amide bonds. The summed E-state index contributed by atoms with van der Waals surface area (Å²) in [4.78, 5) is 0. The molecule has 106 valence electrons. The smallest absolute Gasteiger partial charge is 0.161 e. The summed E-state index contributed by atoms with van der Waals surface area (Å²) in [6.45, 7) is 5.84. The van der Waals surface area contributed by atoms with Crippen molar-refractivity contribution < 1.29 is 9.47 Å². The molecule has 2 unspecified atom stereocenters. The van der Waals surface area contributed by atoms with Gasteiger partial charge in [-0.05, 0) is 30.0 Å². The van der Waals surface area contributed by atoms with E-state index in [0.29, 0.717) is 12.5 Å². The van der Waals surface area contributed by atoms with Crippen LogP contribution in [0, 0.1) is 5.92 Å². The zero-order valence-electron chi connectivity index (χ0n) is 11.8. The number of nitrogens with two attached hydrogens (primary N) is 1. The van der Waals surface area contributed by atoms with E-state index in [0.717, 1.165) is 42.9 Å². The van der Waals surface area contributed by atoms with Gasteiger partial charge in [0.25, 0.3) is 0 Å². The first-order valence-corrected chi connectivity index (χ1v) is 7.12. The zero-order chi connectivity index (χ0) is 13.7. The van der Waals surface area contributed by atoms with E-state index in [4.69, 9.17) is 15.3 Å². The van der Waals surface area contributed by atoms with Gasteiger partial charge in [-0.25, -0.2) is 0 Å². The topological polar surface area (TPSA) is 56.5 Å². The van der Waals surface area contributed by atoms with Crippen LogP contribution in [0.25, 0.3) is 0 Å². The molecular formula is C15H24N2O2. The lowest BCUT2D eigenvalue weighted by atomic mass is 9.91. The number of nitrogens with one attached hydrogen (secondary N) is 1. The van der Waals surface area contributed by atoms with Crippen LogP contribution in [0.5, 0.6) is 11.5 Å². The lowest BCUT2D eigenvalue weighted by molar-refractivity contribution is 0.296. The molecule has 0 bridgehead atoms. The van der Waals surface area contributed by atoms with Crippen LogP contribution in [0.2, 0.25) is 0 Å². The third-order valence-electron chi connectivity index (χ3n) is 3.62. The molecule has 1 aliphatic rings. The second-order valence-corrected chi connectivity index (χ2v) is 5.17. The number of ether oxygens (including phenoxy) is 2. The third-order valence-corrected chi connectivity index (χ3v) is 3.62. The van der Waals surface area contributed by atoms with E-state index < -0.39 is 0 Å². The average Bonchev–Trinajstić information content (AvgIpc) is 2.64. The van der Waals surface area contributed by atoms with Crippen LogP contribution < -0.4 is 20.7 Å². The summed E-state index contributed by atoms with van der Waals surface area (Å²) >= 11 is 0. The first-order chi connectivity index (χ1) is 9.26. The quantitative estimate of drug-likeness (QED) is 0.634.